The van der Waals surface area contributed by atoms with E-state index in [-0.39, 0.29) is 10.9 Å². The number of fused-ring (bicyclic) bond motifs is 1. The SMILES string of the molecule is Cc1ccc(N2CCc3ncnc(NC(C)c4ccc(S(N)(=O)=O)cc4)c3C2)nc1. The zero-order valence-corrected chi connectivity index (χ0v) is 17.7. The zero-order valence-electron chi connectivity index (χ0n) is 16.9. The van der Waals surface area contributed by atoms with Gasteiger partial charge >= 0.3 is 0 Å². The van der Waals surface area contributed by atoms with Crippen molar-refractivity contribution in [2.45, 2.75) is 37.8 Å². The molecule has 3 aromatic rings. The van der Waals surface area contributed by atoms with Crippen molar-refractivity contribution in [3.63, 3.8) is 0 Å². The molecule has 0 saturated heterocycles. The fourth-order valence-electron chi connectivity index (χ4n) is 3.54. The lowest BCUT2D eigenvalue weighted by atomic mass is 10.0. The predicted octanol–water partition coefficient (Wildman–Crippen LogP) is 2.56. The first kappa shape index (κ1) is 20.2. The molecule has 4 rings (SSSR count). The molecule has 30 heavy (non-hydrogen) atoms. The van der Waals surface area contributed by atoms with E-state index in [0.717, 1.165) is 47.0 Å². The Morgan fingerprint density at radius 2 is 1.87 bits per heavy atom. The van der Waals surface area contributed by atoms with E-state index in [9.17, 15) is 8.42 Å². The molecule has 1 aliphatic rings. The van der Waals surface area contributed by atoms with Gasteiger partial charge in [-0.05, 0) is 43.2 Å². The second-order valence-corrected chi connectivity index (χ2v) is 9.05. The first-order valence-electron chi connectivity index (χ1n) is 9.71. The molecule has 0 fully saturated rings. The number of aromatic nitrogens is 3. The molecule has 2 aromatic heterocycles. The highest BCUT2D eigenvalue weighted by atomic mass is 32.2. The van der Waals surface area contributed by atoms with E-state index in [0.29, 0.717) is 6.54 Å². The maximum atomic E-state index is 11.5. The van der Waals surface area contributed by atoms with Gasteiger partial charge < -0.3 is 10.2 Å². The van der Waals surface area contributed by atoms with Gasteiger partial charge in [-0.25, -0.2) is 28.5 Å². The first-order valence-corrected chi connectivity index (χ1v) is 11.3. The van der Waals surface area contributed by atoms with E-state index in [1.54, 1.807) is 18.5 Å². The van der Waals surface area contributed by atoms with Crippen molar-refractivity contribution >= 4 is 21.7 Å². The molecule has 8 nitrogen and oxygen atoms in total. The lowest BCUT2D eigenvalue weighted by Gasteiger charge is -2.30. The number of rotatable bonds is 5. The molecule has 1 aromatic carbocycles. The van der Waals surface area contributed by atoms with Crippen molar-refractivity contribution in [2.75, 3.05) is 16.8 Å². The van der Waals surface area contributed by atoms with Crippen LogP contribution in [0.1, 0.15) is 35.3 Å². The number of primary sulfonamides is 1. The van der Waals surface area contributed by atoms with Crippen LogP contribution in [0.15, 0.2) is 53.8 Å². The highest BCUT2D eigenvalue weighted by Crippen LogP contribution is 2.28. The Hall–Kier alpha value is -3.04. The van der Waals surface area contributed by atoms with Crippen LogP contribution in [0.2, 0.25) is 0 Å². The van der Waals surface area contributed by atoms with Crippen LogP contribution in [-0.4, -0.2) is 29.9 Å². The van der Waals surface area contributed by atoms with E-state index >= 15 is 0 Å². The predicted molar refractivity (Wildman–Crippen MR) is 116 cm³/mol. The molecular formula is C21H24N6O2S. The molecule has 9 heteroatoms. The van der Waals surface area contributed by atoms with Crippen LogP contribution in [0.4, 0.5) is 11.6 Å². The molecular weight excluding hydrogens is 400 g/mol. The summed E-state index contributed by atoms with van der Waals surface area (Å²) in [4.78, 5) is 15.8. The molecule has 156 valence electrons. The number of aryl methyl sites for hydroxylation is 1. The maximum absolute atomic E-state index is 11.5. The number of hydrogen-bond donors (Lipinski definition) is 2. The Balaban J connectivity index is 1.55. The topological polar surface area (TPSA) is 114 Å². The largest absolute Gasteiger partial charge is 0.363 e. The van der Waals surface area contributed by atoms with E-state index < -0.39 is 10.0 Å². The number of hydrogen-bond acceptors (Lipinski definition) is 7. The van der Waals surface area contributed by atoms with Crippen molar-refractivity contribution in [2.24, 2.45) is 5.14 Å². The van der Waals surface area contributed by atoms with E-state index in [1.165, 1.54) is 12.1 Å². The number of benzene rings is 1. The van der Waals surface area contributed by atoms with Gasteiger partial charge in [0.1, 0.15) is 18.0 Å². The van der Waals surface area contributed by atoms with Crippen LogP contribution < -0.4 is 15.4 Å². The van der Waals surface area contributed by atoms with Gasteiger partial charge in [-0.2, -0.15) is 0 Å². The van der Waals surface area contributed by atoms with Crippen molar-refractivity contribution in [3.05, 3.63) is 71.3 Å². The van der Waals surface area contributed by atoms with Crippen molar-refractivity contribution in [1.29, 1.82) is 0 Å². The zero-order chi connectivity index (χ0) is 21.3. The number of sulfonamides is 1. The van der Waals surface area contributed by atoms with Crippen molar-refractivity contribution in [1.82, 2.24) is 15.0 Å². The standard InChI is InChI=1S/C21H24N6O2S/c1-14-3-8-20(23-11-14)27-10-9-19-18(12-27)21(25-13-24-19)26-15(2)16-4-6-17(7-5-16)30(22,28)29/h3-8,11,13,15H,9-10,12H2,1-2H3,(H2,22,28,29)(H,24,25,26). The molecule has 1 atom stereocenters. The summed E-state index contributed by atoms with van der Waals surface area (Å²) in [5.74, 6) is 1.72. The summed E-state index contributed by atoms with van der Waals surface area (Å²) < 4.78 is 22.9. The minimum atomic E-state index is -3.70. The summed E-state index contributed by atoms with van der Waals surface area (Å²) >= 11 is 0. The van der Waals surface area contributed by atoms with Crippen LogP contribution in [0.3, 0.4) is 0 Å². The van der Waals surface area contributed by atoms with Crippen molar-refractivity contribution in [3.8, 4) is 0 Å². The number of anilines is 2. The van der Waals surface area contributed by atoms with Crippen LogP contribution >= 0.6 is 0 Å². The second-order valence-electron chi connectivity index (χ2n) is 7.49. The van der Waals surface area contributed by atoms with Crippen LogP contribution in [0.5, 0.6) is 0 Å². The van der Waals surface area contributed by atoms with E-state index in [2.05, 4.69) is 31.2 Å². The Morgan fingerprint density at radius 3 is 2.53 bits per heavy atom. The lowest BCUT2D eigenvalue weighted by Crippen LogP contribution is -2.32. The number of nitrogens with one attached hydrogen (secondary N) is 1. The van der Waals surface area contributed by atoms with Gasteiger partial charge in [0.15, 0.2) is 0 Å². The highest BCUT2D eigenvalue weighted by Gasteiger charge is 2.23. The Kier molecular flexibility index (Phi) is 5.40. The molecule has 1 unspecified atom stereocenters. The fourth-order valence-corrected chi connectivity index (χ4v) is 4.06. The summed E-state index contributed by atoms with van der Waals surface area (Å²) in [6.45, 7) is 5.55. The molecule has 3 heterocycles. The Morgan fingerprint density at radius 1 is 1.10 bits per heavy atom. The van der Waals surface area contributed by atoms with Crippen LogP contribution in [0, 0.1) is 6.92 Å². The van der Waals surface area contributed by atoms with Crippen molar-refractivity contribution < 1.29 is 8.42 Å². The Bertz CT molecular complexity index is 1150. The highest BCUT2D eigenvalue weighted by molar-refractivity contribution is 7.89. The minimum Gasteiger partial charge on any atom is -0.363 e. The van der Waals surface area contributed by atoms with Crippen LogP contribution in [0.25, 0.3) is 0 Å². The number of nitrogens with zero attached hydrogens (tertiary/aromatic N) is 4. The smallest absolute Gasteiger partial charge is 0.238 e. The summed E-state index contributed by atoms with van der Waals surface area (Å²) in [7, 11) is -3.70. The minimum absolute atomic E-state index is 0.0774. The Labute approximate surface area is 176 Å². The third-order valence-corrected chi connectivity index (χ3v) is 6.21. The molecule has 0 radical (unpaired) electrons. The van der Waals surface area contributed by atoms with Gasteiger partial charge in [0.2, 0.25) is 10.0 Å². The summed E-state index contributed by atoms with van der Waals surface area (Å²) in [5.41, 5.74) is 4.15. The third-order valence-electron chi connectivity index (χ3n) is 5.28. The summed E-state index contributed by atoms with van der Waals surface area (Å²) in [6.07, 6.45) is 4.27. The molecule has 0 spiro atoms. The molecule has 1 aliphatic heterocycles. The molecule has 0 amide bonds. The number of nitrogens with two attached hydrogens (primary N) is 1. The molecule has 0 aliphatic carbocycles. The normalized spacial score (nSPS) is 14.8. The first-order chi connectivity index (χ1) is 14.3. The maximum Gasteiger partial charge on any atom is 0.238 e. The molecule has 3 N–H and O–H groups in total. The number of pyridine rings is 1. The summed E-state index contributed by atoms with van der Waals surface area (Å²) in [6, 6.07) is 10.6. The van der Waals surface area contributed by atoms with Gasteiger partial charge in [0.25, 0.3) is 0 Å². The van der Waals surface area contributed by atoms with Gasteiger partial charge in [-0.3, -0.25) is 0 Å². The van der Waals surface area contributed by atoms with Gasteiger partial charge in [-0.1, -0.05) is 18.2 Å². The van der Waals surface area contributed by atoms with Gasteiger partial charge in [0, 0.05) is 37.3 Å². The lowest BCUT2D eigenvalue weighted by molar-refractivity contribution is 0.597. The summed E-state index contributed by atoms with van der Waals surface area (Å²) in [5, 5.41) is 8.63. The second kappa shape index (κ2) is 8.00. The quantitative estimate of drug-likeness (QED) is 0.647. The molecule has 0 saturated carbocycles. The average molecular weight is 425 g/mol. The van der Waals surface area contributed by atoms with E-state index in [1.807, 2.05) is 26.1 Å². The monoisotopic (exact) mass is 424 g/mol. The average Bonchev–Trinajstić information content (AvgIpc) is 2.74. The molecule has 0 bridgehead atoms. The van der Waals surface area contributed by atoms with Gasteiger partial charge in [0.05, 0.1) is 10.6 Å². The third kappa shape index (κ3) is 4.27. The van der Waals surface area contributed by atoms with E-state index in [4.69, 9.17) is 5.14 Å². The van der Waals surface area contributed by atoms with Gasteiger partial charge in [-0.15, -0.1) is 0 Å². The van der Waals surface area contributed by atoms with Crippen LogP contribution in [-0.2, 0) is 23.0 Å². The fraction of sp³-hybridized carbons (Fsp3) is 0.286.